The maximum atomic E-state index is 13.3. The predicted molar refractivity (Wildman–Crippen MR) is 131 cm³/mol. The highest BCUT2D eigenvalue weighted by Crippen LogP contribution is 2.46. The molecule has 0 aromatic heterocycles. The molecule has 3 heterocycles. The number of ether oxygens (including phenoxy) is 5. The lowest BCUT2D eigenvalue weighted by Gasteiger charge is -2.47. The zero-order valence-corrected chi connectivity index (χ0v) is 20.8. The van der Waals surface area contributed by atoms with Gasteiger partial charge in [-0.1, -0.05) is 18.2 Å². The summed E-state index contributed by atoms with van der Waals surface area (Å²) in [5, 5.41) is 0. The van der Waals surface area contributed by atoms with Gasteiger partial charge in [-0.3, -0.25) is 4.79 Å². The molecular formula is C28H35NO6. The van der Waals surface area contributed by atoms with Crippen molar-refractivity contribution in [1.82, 2.24) is 4.90 Å². The number of likely N-dealkylation sites (tertiary alicyclic amines) is 1. The first kappa shape index (κ1) is 23.9. The first-order chi connectivity index (χ1) is 17.0. The van der Waals surface area contributed by atoms with E-state index in [0.29, 0.717) is 36.8 Å². The molecule has 1 spiro atoms. The van der Waals surface area contributed by atoms with Gasteiger partial charge in [0.1, 0.15) is 11.4 Å². The lowest BCUT2D eigenvalue weighted by Crippen LogP contribution is -2.52. The maximum Gasteiger partial charge on any atom is 0.253 e. The molecule has 2 saturated heterocycles. The lowest BCUT2D eigenvalue weighted by molar-refractivity contribution is -0.0948. The van der Waals surface area contributed by atoms with E-state index in [1.807, 2.05) is 49.1 Å². The SMILES string of the molecule is COc1cc(C(=O)N2CCC3(CC2)CC(O[C@H]2CCOC2)c2ccccc2O3)ccc1OC(C)C. The van der Waals surface area contributed by atoms with Crippen LogP contribution in [0.3, 0.4) is 0 Å². The third-order valence-corrected chi connectivity index (χ3v) is 7.13. The van der Waals surface area contributed by atoms with E-state index in [2.05, 4.69) is 6.07 Å². The van der Waals surface area contributed by atoms with Gasteiger partial charge in [0.25, 0.3) is 5.91 Å². The van der Waals surface area contributed by atoms with Crippen molar-refractivity contribution < 1.29 is 28.5 Å². The Morgan fingerprint density at radius 3 is 2.63 bits per heavy atom. The molecule has 188 valence electrons. The number of fused-ring (bicyclic) bond motifs is 1. The molecule has 0 saturated carbocycles. The first-order valence-corrected chi connectivity index (χ1v) is 12.6. The van der Waals surface area contributed by atoms with Crippen LogP contribution in [-0.2, 0) is 9.47 Å². The number of benzene rings is 2. The van der Waals surface area contributed by atoms with E-state index in [4.69, 9.17) is 23.7 Å². The highest BCUT2D eigenvalue weighted by Gasteiger charge is 2.45. The van der Waals surface area contributed by atoms with Gasteiger partial charge in [-0.25, -0.2) is 0 Å². The smallest absolute Gasteiger partial charge is 0.253 e. The molecule has 2 atom stereocenters. The molecule has 0 aliphatic carbocycles. The number of nitrogens with zero attached hydrogens (tertiary/aromatic N) is 1. The van der Waals surface area contributed by atoms with Gasteiger partial charge >= 0.3 is 0 Å². The molecule has 1 amide bonds. The summed E-state index contributed by atoms with van der Waals surface area (Å²) in [4.78, 5) is 15.2. The van der Waals surface area contributed by atoms with Gasteiger partial charge in [0, 0.05) is 50.1 Å². The minimum absolute atomic E-state index is 0.00126. The predicted octanol–water partition coefficient (Wildman–Crippen LogP) is 4.79. The molecule has 2 aromatic carbocycles. The Labute approximate surface area is 207 Å². The number of hydrogen-bond donors (Lipinski definition) is 0. The largest absolute Gasteiger partial charge is 0.493 e. The van der Waals surface area contributed by atoms with Crippen LogP contribution in [0.15, 0.2) is 42.5 Å². The van der Waals surface area contributed by atoms with Gasteiger partial charge in [0.2, 0.25) is 0 Å². The molecule has 2 fully saturated rings. The Morgan fingerprint density at radius 1 is 1.11 bits per heavy atom. The number of rotatable bonds is 6. The number of hydrogen-bond acceptors (Lipinski definition) is 6. The second-order valence-electron chi connectivity index (χ2n) is 9.96. The van der Waals surface area contributed by atoms with Crippen molar-refractivity contribution in [2.45, 2.75) is 63.4 Å². The number of methoxy groups -OCH3 is 1. The summed E-state index contributed by atoms with van der Waals surface area (Å²) in [6, 6.07) is 13.6. The fourth-order valence-electron chi connectivity index (χ4n) is 5.29. The van der Waals surface area contributed by atoms with Gasteiger partial charge in [-0.15, -0.1) is 0 Å². The van der Waals surface area contributed by atoms with E-state index in [1.54, 1.807) is 13.2 Å². The Balaban J connectivity index is 1.28. The average Bonchev–Trinajstić information content (AvgIpc) is 3.37. The first-order valence-electron chi connectivity index (χ1n) is 12.6. The average molecular weight is 482 g/mol. The molecule has 0 N–H and O–H groups in total. The number of piperidine rings is 1. The van der Waals surface area contributed by atoms with E-state index in [-0.39, 0.29) is 29.8 Å². The Hall–Kier alpha value is -2.77. The van der Waals surface area contributed by atoms with Crippen LogP contribution in [-0.4, -0.2) is 62.0 Å². The molecule has 3 aliphatic heterocycles. The minimum Gasteiger partial charge on any atom is -0.493 e. The van der Waals surface area contributed by atoms with Crippen LogP contribution in [0.1, 0.15) is 61.6 Å². The molecule has 0 bridgehead atoms. The van der Waals surface area contributed by atoms with Crippen molar-refractivity contribution in [3.05, 3.63) is 53.6 Å². The van der Waals surface area contributed by atoms with Crippen LogP contribution in [0.5, 0.6) is 17.2 Å². The molecular weight excluding hydrogens is 446 g/mol. The number of amides is 1. The van der Waals surface area contributed by atoms with Crippen molar-refractivity contribution in [2.75, 3.05) is 33.4 Å². The third kappa shape index (κ3) is 5.11. The zero-order valence-electron chi connectivity index (χ0n) is 20.8. The number of carbonyl (C=O) groups is 1. The van der Waals surface area contributed by atoms with Crippen molar-refractivity contribution in [3.63, 3.8) is 0 Å². The normalized spacial score (nSPS) is 23.1. The summed E-state index contributed by atoms with van der Waals surface area (Å²) in [7, 11) is 1.59. The summed E-state index contributed by atoms with van der Waals surface area (Å²) < 4.78 is 29.9. The Kier molecular flexibility index (Phi) is 6.89. The third-order valence-electron chi connectivity index (χ3n) is 7.13. The van der Waals surface area contributed by atoms with Gasteiger partial charge in [-0.05, 0) is 44.5 Å². The highest BCUT2D eigenvalue weighted by atomic mass is 16.6. The quantitative estimate of drug-likeness (QED) is 0.591. The molecule has 2 aromatic rings. The monoisotopic (exact) mass is 481 g/mol. The van der Waals surface area contributed by atoms with E-state index >= 15 is 0 Å². The van der Waals surface area contributed by atoms with E-state index in [9.17, 15) is 4.79 Å². The summed E-state index contributed by atoms with van der Waals surface area (Å²) >= 11 is 0. The van der Waals surface area contributed by atoms with Crippen LogP contribution < -0.4 is 14.2 Å². The number of carbonyl (C=O) groups excluding carboxylic acids is 1. The fraction of sp³-hybridized carbons (Fsp3) is 0.536. The molecule has 35 heavy (non-hydrogen) atoms. The molecule has 7 nitrogen and oxygen atoms in total. The van der Waals surface area contributed by atoms with Crippen molar-refractivity contribution >= 4 is 5.91 Å². The standard InChI is InChI=1S/C28H35NO6/c1-19(2)33-24-9-8-20(16-25(24)31-3)27(30)29-13-11-28(12-14-29)17-26(34-21-10-15-32-18-21)22-6-4-5-7-23(22)35-28/h4-9,16,19,21,26H,10-15,17-18H2,1-3H3/t21-,26?/m0/s1. The highest BCUT2D eigenvalue weighted by molar-refractivity contribution is 5.95. The van der Waals surface area contributed by atoms with E-state index < -0.39 is 0 Å². The van der Waals surface area contributed by atoms with Crippen LogP contribution in [0.2, 0.25) is 0 Å². The fourth-order valence-corrected chi connectivity index (χ4v) is 5.29. The van der Waals surface area contributed by atoms with E-state index in [0.717, 1.165) is 43.6 Å². The van der Waals surface area contributed by atoms with E-state index in [1.165, 1.54) is 0 Å². The van der Waals surface area contributed by atoms with Crippen molar-refractivity contribution in [2.24, 2.45) is 0 Å². The van der Waals surface area contributed by atoms with Gasteiger partial charge in [-0.2, -0.15) is 0 Å². The topological polar surface area (TPSA) is 66.5 Å². The van der Waals surface area contributed by atoms with Crippen LogP contribution >= 0.6 is 0 Å². The zero-order chi connectivity index (χ0) is 24.4. The molecule has 0 radical (unpaired) electrons. The summed E-state index contributed by atoms with van der Waals surface area (Å²) in [6.45, 7) is 6.60. The van der Waals surface area contributed by atoms with Crippen LogP contribution in [0, 0.1) is 0 Å². The Bertz CT molecular complexity index is 1040. The second-order valence-corrected chi connectivity index (χ2v) is 9.96. The van der Waals surface area contributed by atoms with Gasteiger partial charge in [0.15, 0.2) is 11.5 Å². The molecule has 7 heteroatoms. The minimum atomic E-state index is -0.331. The summed E-state index contributed by atoms with van der Waals surface area (Å²) in [5.74, 6) is 2.11. The van der Waals surface area contributed by atoms with Crippen molar-refractivity contribution in [3.8, 4) is 17.2 Å². The summed E-state index contributed by atoms with van der Waals surface area (Å²) in [5.41, 5.74) is 1.38. The van der Waals surface area contributed by atoms with Crippen LogP contribution in [0.25, 0.3) is 0 Å². The number of para-hydroxylation sites is 1. The Morgan fingerprint density at radius 2 is 1.91 bits per heavy atom. The van der Waals surface area contributed by atoms with Gasteiger partial charge in [0.05, 0.1) is 32.0 Å². The van der Waals surface area contributed by atoms with Gasteiger partial charge < -0.3 is 28.6 Å². The molecule has 3 aliphatic rings. The molecule has 1 unspecified atom stereocenters. The molecule has 5 rings (SSSR count). The second kappa shape index (κ2) is 10.1. The summed E-state index contributed by atoms with van der Waals surface area (Å²) in [6.07, 6.45) is 3.38. The van der Waals surface area contributed by atoms with Crippen LogP contribution in [0.4, 0.5) is 0 Å². The lowest BCUT2D eigenvalue weighted by atomic mass is 9.81. The maximum absolute atomic E-state index is 13.3. The van der Waals surface area contributed by atoms with Crippen molar-refractivity contribution in [1.29, 1.82) is 0 Å².